The van der Waals surface area contributed by atoms with Gasteiger partial charge in [-0.1, -0.05) is 0 Å². The van der Waals surface area contributed by atoms with Crippen LogP contribution >= 0.6 is 11.6 Å². The highest BCUT2D eigenvalue weighted by Gasteiger charge is 2.40. The van der Waals surface area contributed by atoms with E-state index in [2.05, 4.69) is 0 Å². The summed E-state index contributed by atoms with van der Waals surface area (Å²) in [5, 5.41) is 0. The number of alkyl halides is 3. The molecular weight excluding hydrogens is 248 g/mol. The van der Waals surface area contributed by atoms with E-state index in [1.54, 1.807) is 11.9 Å². The van der Waals surface area contributed by atoms with Crippen LogP contribution in [-0.2, 0) is 4.79 Å². The van der Waals surface area contributed by atoms with Gasteiger partial charge in [0.15, 0.2) is 0 Å². The molecule has 17 heavy (non-hydrogen) atoms. The molecule has 0 saturated heterocycles. The maximum absolute atomic E-state index is 13.0. The molecule has 0 aromatic rings. The zero-order valence-corrected chi connectivity index (χ0v) is 11.4. The lowest BCUT2D eigenvalue weighted by atomic mass is 9.85. The van der Waals surface area contributed by atoms with Crippen LogP contribution in [0.2, 0.25) is 0 Å². The van der Waals surface area contributed by atoms with Gasteiger partial charge in [0.1, 0.15) is 0 Å². The van der Waals surface area contributed by atoms with E-state index >= 15 is 0 Å². The Balaban J connectivity index is 2.60. The molecule has 0 N–H and O–H groups in total. The summed E-state index contributed by atoms with van der Waals surface area (Å²) in [5.74, 6) is -2.59. The lowest BCUT2D eigenvalue weighted by Gasteiger charge is -2.38. The summed E-state index contributed by atoms with van der Waals surface area (Å²) >= 11 is 5.80. The third kappa shape index (κ3) is 3.54. The molecule has 1 amide bonds. The van der Waals surface area contributed by atoms with E-state index in [-0.39, 0.29) is 37.5 Å². The molecular formula is C12H20ClF2NO. The number of halogens is 3. The first-order chi connectivity index (χ1) is 7.69. The van der Waals surface area contributed by atoms with Gasteiger partial charge in [0.25, 0.3) is 0 Å². The fourth-order valence-electron chi connectivity index (χ4n) is 1.95. The van der Waals surface area contributed by atoms with E-state index in [1.807, 2.05) is 13.8 Å². The van der Waals surface area contributed by atoms with E-state index in [1.165, 1.54) is 0 Å². The Labute approximate surface area is 106 Å². The van der Waals surface area contributed by atoms with Crippen LogP contribution in [0.5, 0.6) is 0 Å². The molecule has 0 atom stereocenters. The molecule has 5 heteroatoms. The van der Waals surface area contributed by atoms with Gasteiger partial charge in [-0.05, 0) is 26.7 Å². The Morgan fingerprint density at radius 2 is 1.88 bits per heavy atom. The quantitative estimate of drug-likeness (QED) is 0.719. The van der Waals surface area contributed by atoms with Crippen molar-refractivity contribution >= 4 is 17.5 Å². The first-order valence-electron chi connectivity index (χ1n) is 5.91. The van der Waals surface area contributed by atoms with Crippen LogP contribution in [-0.4, -0.2) is 35.2 Å². The summed E-state index contributed by atoms with van der Waals surface area (Å²) < 4.78 is 26.0. The number of carbonyl (C=O) groups is 1. The molecule has 0 bridgehead atoms. The van der Waals surface area contributed by atoms with Crippen molar-refractivity contribution in [2.75, 3.05) is 12.9 Å². The van der Waals surface area contributed by atoms with Crippen LogP contribution in [0.3, 0.4) is 0 Å². The Morgan fingerprint density at radius 1 is 1.41 bits per heavy atom. The third-order valence-electron chi connectivity index (χ3n) is 3.63. The number of carbonyl (C=O) groups excluding carboxylic acids is 1. The summed E-state index contributed by atoms with van der Waals surface area (Å²) in [4.78, 5) is 13.7. The van der Waals surface area contributed by atoms with Gasteiger partial charge in [0.05, 0.1) is 5.54 Å². The van der Waals surface area contributed by atoms with Crippen LogP contribution in [0.1, 0.15) is 39.5 Å². The fourth-order valence-corrected chi connectivity index (χ4v) is 2.13. The Hall–Kier alpha value is -0.380. The normalized spacial score (nSPS) is 21.3. The maximum atomic E-state index is 13.0. The molecule has 0 aliphatic heterocycles. The third-order valence-corrected chi connectivity index (χ3v) is 4.29. The van der Waals surface area contributed by atoms with Crippen LogP contribution in [0.15, 0.2) is 0 Å². The summed E-state index contributed by atoms with van der Waals surface area (Å²) in [5.41, 5.74) is -0.432. The molecule has 0 radical (unpaired) electrons. The second kappa shape index (κ2) is 5.09. The van der Waals surface area contributed by atoms with Gasteiger partial charge >= 0.3 is 0 Å². The van der Waals surface area contributed by atoms with E-state index < -0.39 is 11.5 Å². The fraction of sp³-hybridized carbons (Fsp3) is 0.917. The van der Waals surface area contributed by atoms with Gasteiger partial charge in [0, 0.05) is 31.7 Å². The predicted molar refractivity (Wildman–Crippen MR) is 64.5 cm³/mol. The predicted octanol–water partition coefficient (Wildman–Crippen LogP) is 3.29. The topological polar surface area (TPSA) is 20.3 Å². The highest BCUT2D eigenvalue weighted by Crippen LogP contribution is 2.37. The summed E-state index contributed by atoms with van der Waals surface area (Å²) in [6.45, 7) is 3.74. The summed E-state index contributed by atoms with van der Waals surface area (Å²) in [6, 6.07) is 0. The first-order valence-corrected chi connectivity index (χ1v) is 6.44. The number of hydrogen-bond acceptors (Lipinski definition) is 1. The highest BCUT2D eigenvalue weighted by atomic mass is 35.5. The van der Waals surface area contributed by atoms with Crippen LogP contribution in [0, 0.1) is 5.92 Å². The molecule has 1 saturated carbocycles. The van der Waals surface area contributed by atoms with Crippen LogP contribution in [0.4, 0.5) is 8.78 Å². The molecule has 1 aliphatic rings. The van der Waals surface area contributed by atoms with Crippen molar-refractivity contribution in [3.63, 3.8) is 0 Å². The highest BCUT2D eigenvalue weighted by molar-refractivity contribution is 6.18. The first kappa shape index (κ1) is 14.7. The van der Waals surface area contributed by atoms with Crippen molar-refractivity contribution in [2.24, 2.45) is 5.92 Å². The molecule has 0 aromatic heterocycles. The largest absolute Gasteiger partial charge is 0.339 e. The van der Waals surface area contributed by atoms with Crippen molar-refractivity contribution in [3.05, 3.63) is 0 Å². The van der Waals surface area contributed by atoms with Crippen LogP contribution in [0.25, 0.3) is 0 Å². The average molecular weight is 268 g/mol. The van der Waals surface area contributed by atoms with Crippen LogP contribution < -0.4 is 0 Å². The molecule has 1 rings (SSSR count). The Morgan fingerprint density at radius 3 is 2.29 bits per heavy atom. The van der Waals surface area contributed by atoms with Gasteiger partial charge in [0.2, 0.25) is 11.8 Å². The van der Waals surface area contributed by atoms with Gasteiger partial charge in [-0.2, -0.15) is 0 Å². The molecule has 0 heterocycles. The van der Waals surface area contributed by atoms with Gasteiger partial charge < -0.3 is 4.90 Å². The molecule has 0 spiro atoms. The lowest BCUT2D eigenvalue weighted by molar-refractivity contribution is -0.142. The standard InChI is InChI=1S/C12H20ClF2NO/c1-11(2,8-13)16(3)10(17)9-4-6-12(14,15)7-5-9/h9H,4-8H2,1-3H3. The summed E-state index contributed by atoms with van der Waals surface area (Å²) in [6.07, 6.45) is 0.181. The molecule has 1 fully saturated rings. The Kier molecular flexibility index (Phi) is 4.39. The van der Waals surface area contributed by atoms with Crippen molar-refractivity contribution in [3.8, 4) is 0 Å². The molecule has 100 valence electrons. The van der Waals surface area contributed by atoms with Crippen molar-refractivity contribution in [2.45, 2.75) is 51.0 Å². The van der Waals surface area contributed by atoms with Gasteiger partial charge in [-0.3, -0.25) is 4.79 Å². The van der Waals surface area contributed by atoms with Crippen molar-refractivity contribution < 1.29 is 13.6 Å². The molecule has 2 nitrogen and oxygen atoms in total. The average Bonchev–Trinajstić information content (AvgIpc) is 2.27. The number of hydrogen-bond donors (Lipinski definition) is 0. The lowest BCUT2D eigenvalue weighted by Crippen LogP contribution is -2.49. The zero-order valence-electron chi connectivity index (χ0n) is 10.6. The molecule has 0 unspecified atom stereocenters. The SMILES string of the molecule is CN(C(=O)C1CCC(F)(F)CC1)C(C)(C)CCl. The van der Waals surface area contributed by atoms with Crippen molar-refractivity contribution in [1.82, 2.24) is 4.90 Å². The molecule has 0 aromatic carbocycles. The van der Waals surface area contributed by atoms with E-state index in [4.69, 9.17) is 11.6 Å². The minimum Gasteiger partial charge on any atom is -0.339 e. The van der Waals surface area contributed by atoms with E-state index in [0.717, 1.165) is 0 Å². The maximum Gasteiger partial charge on any atom is 0.248 e. The van der Waals surface area contributed by atoms with Gasteiger partial charge in [-0.25, -0.2) is 8.78 Å². The minimum absolute atomic E-state index is 0.0637. The minimum atomic E-state index is -2.59. The van der Waals surface area contributed by atoms with E-state index in [9.17, 15) is 13.6 Å². The summed E-state index contributed by atoms with van der Waals surface area (Å²) in [7, 11) is 1.69. The Bertz CT molecular complexity index is 284. The number of rotatable bonds is 3. The van der Waals surface area contributed by atoms with Gasteiger partial charge in [-0.15, -0.1) is 11.6 Å². The number of nitrogens with zero attached hydrogens (tertiary/aromatic N) is 1. The zero-order chi connectivity index (χ0) is 13.3. The second-order valence-corrected chi connectivity index (χ2v) is 5.74. The smallest absolute Gasteiger partial charge is 0.248 e. The van der Waals surface area contributed by atoms with Crippen molar-refractivity contribution in [1.29, 1.82) is 0 Å². The second-order valence-electron chi connectivity index (χ2n) is 5.47. The monoisotopic (exact) mass is 267 g/mol. The van der Waals surface area contributed by atoms with E-state index in [0.29, 0.717) is 5.88 Å². The molecule has 1 aliphatic carbocycles. The number of amides is 1.